The highest BCUT2D eigenvalue weighted by molar-refractivity contribution is 6.35. The Balaban J connectivity index is 1.89. The number of hydrogen-bond acceptors (Lipinski definition) is 3. The largest absolute Gasteiger partial charge is 0.393 e. The monoisotopic (exact) mass is 378 g/mol. The van der Waals surface area contributed by atoms with Crippen LogP contribution in [-0.2, 0) is 0 Å². The van der Waals surface area contributed by atoms with E-state index < -0.39 is 5.91 Å². The summed E-state index contributed by atoms with van der Waals surface area (Å²) in [6, 6.07) is 11.0. The molecule has 25 heavy (non-hydrogen) atoms. The lowest BCUT2D eigenvalue weighted by Crippen LogP contribution is -2.29. The zero-order valence-corrected chi connectivity index (χ0v) is 15.1. The van der Waals surface area contributed by atoms with Gasteiger partial charge in [0.2, 0.25) is 0 Å². The third-order valence-corrected chi connectivity index (χ3v) is 4.97. The molecule has 0 heterocycles. The van der Waals surface area contributed by atoms with Gasteiger partial charge in [-0.3, -0.25) is 4.79 Å². The highest BCUT2D eigenvalue weighted by atomic mass is 35.5. The molecule has 1 amide bonds. The number of aliphatic hydroxyl groups excluding tert-OH is 1. The van der Waals surface area contributed by atoms with E-state index in [1.165, 1.54) is 0 Å². The van der Waals surface area contributed by atoms with Crippen LogP contribution in [0.4, 0.5) is 5.69 Å². The van der Waals surface area contributed by atoms with Crippen LogP contribution in [0.1, 0.15) is 36.0 Å². The molecule has 0 unspecified atom stereocenters. The molecule has 4 nitrogen and oxygen atoms in total. The van der Waals surface area contributed by atoms with Gasteiger partial charge < -0.3 is 16.2 Å². The molecule has 2 aromatic carbocycles. The van der Waals surface area contributed by atoms with Crippen molar-refractivity contribution in [1.82, 2.24) is 0 Å². The Hall–Kier alpha value is -1.75. The summed E-state index contributed by atoms with van der Waals surface area (Å²) in [5.41, 5.74) is 8.37. The Bertz CT molecular complexity index is 767. The number of benzene rings is 2. The van der Waals surface area contributed by atoms with Crippen LogP contribution in [0, 0.1) is 0 Å². The zero-order valence-electron chi connectivity index (χ0n) is 13.6. The SMILES string of the molecule is NC(=O)c1cc(-c2cc(Cl)cc(Cl)c2)ccc1N[C@H]1CC[C@H](O)CC1. The third kappa shape index (κ3) is 4.46. The molecule has 0 atom stereocenters. The maximum Gasteiger partial charge on any atom is 0.250 e. The number of primary amides is 1. The van der Waals surface area contributed by atoms with E-state index in [0.29, 0.717) is 21.3 Å². The number of hydrogen-bond donors (Lipinski definition) is 3. The van der Waals surface area contributed by atoms with Crippen LogP contribution in [0.2, 0.25) is 10.0 Å². The number of carbonyl (C=O) groups excluding carboxylic acids is 1. The fourth-order valence-corrected chi connectivity index (χ4v) is 3.74. The number of aliphatic hydroxyl groups is 1. The highest BCUT2D eigenvalue weighted by Gasteiger charge is 2.21. The predicted octanol–water partition coefficient (Wildman–Crippen LogP) is 4.47. The molecule has 0 saturated heterocycles. The van der Waals surface area contributed by atoms with Crippen LogP contribution in [-0.4, -0.2) is 23.2 Å². The fraction of sp³-hybridized carbons (Fsp3) is 0.316. The second-order valence-corrected chi connectivity index (χ2v) is 7.31. The first-order chi connectivity index (χ1) is 11.9. The molecule has 0 aliphatic heterocycles. The summed E-state index contributed by atoms with van der Waals surface area (Å²) < 4.78 is 0. The zero-order chi connectivity index (χ0) is 18.0. The van der Waals surface area contributed by atoms with E-state index in [9.17, 15) is 9.90 Å². The van der Waals surface area contributed by atoms with E-state index >= 15 is 0 Å². The molecule has 1 aliphatic carbocycles. The first-order valence-electron chi connectivity index (χ1n) is 8.27. The molecule has 0 radical (unpaired) electrons. The minimum absolute atomic E-state index is 0.219. The number of carbonyl (C=O) groups is 1. The molecule has 3 rings (SSSR count). The van der Waals surface area contributed by atoms with E-state index in [4.69, 9.17) is 28.9 Å². The fourth-order valence-electron chi connectivity index (χ4n) is 3.21. The van der Waals surface area contributed by atoms with E-state index in [2.05, 4.69) is 5.32 Å². The molecule has 0 bridgehead atoms. The van der Waals surface area contributed by atoms with Gasteiger partial charge in [-0.05, 0) is 67.1 Å². The van der Waals surface area contributed by atoms with E-state index in [1.54, 1.807) is 24.3 Å². The Labute approximate surface area is 156 Å². The first kappa shape index (κ1) is 18.1. The van der Waals surface area contributed by atoms with Gasteiger partial charge in [0, 0.05) is 21.8 Å². The van der Waals surface area contributed by atoms with Gasteiger partial charge in [-0.1, -0.05) is 29.3 Å². The summed E-state index contributed by atoms with van der Waals surface area (Å²) >= 11 is 12.1. The van der Waals surface area contributed by atoms with Crippen LogP contribution in [0.5, 0.6) is 0 Å². The second-order valence-electron chi connectivity index (χ2n) is 6.43. The average Bonchev–Trinajstić information content (AvgIpc) is 2.56. The summed E-state index contributed by atoms with van der Waals surface area (Å²) in [4.78, 5) is 11.9. The standard InChI is InChI=1S/C19H20Cl2N2O2/c20-13-7-12(8-14(21)10-13)11-1-6-18(17(9-11)19(22)25)23-15-2-4-16(24)5-3-15/h1,6-10,15-16,23-24H,2-5H2,(H2,22,25)/t15-,16-. The summed E-state index contributed by atoms with van der Waals surface area (Å²) in [6.07, 6.45) is 3.05. The Morgan fingerprint density at radius 3 is 2.24 bits per heavy atom. The molecule has 4 N–H and O–H groups in total. The van der Waals surface area contributed by atoms with Crippen molar-refractivity contribution in [2.45, 2.75) is 37.8 Å². The van der Waals surface area contributed by atoms with Crippen molar-refractivity contribution in [2.75, 3.05) is 5.32 Å². The van der Waals surface area contributed by atoms with Gasteiger partial charge in [0.05, 0.1) is 11.7 Å². The van der Waals surface area contributed by atoms with Gasteiger partial charge in [0.15, 0.2) is 0 Å². The highest BCUT2D eigenvalue weighted by Crippen LogP contribution is 2.31. The summed E-state index contributed by atoms with van der Waals surface area (Å²) in [5.74, 6) is -0.492. The minimum atomic E-state index is -0.492. The molecule has 132 valence electrons. The predicted molar refractivity (Wildman–Crippen MR) is 102 cm³/mol. The van der Waals surface area contributed by atoms with Gasteiger partial charge in [-0.15, -0.1) is 0 Å². The molecular weight excluding hydrogens is 359 g/mol. The van der Waals surface area contributed by atoms with Crippen molar-refractivity contribution in [3.05, 3.63) is 52.0 Å². The van der Waals surface area contributed by atoms with Crippen molar-refractivity contribution in [3.8, 4) is 11.1 Å². The third-order valence-electron chi connectivity index (χ3n) is 4.54. The maximum absolute atomic E-state index is 11.9. The molecule has 0 spiro atoms. The smallest absolute Gasteiger partial charge is 0.250 e. The van der Waals surface area contributed by atoms with Crippen molar-refractivity contribution in [2.24, 2.45) is 5.73 Å². The van der Waals surface area contributed by atoms with Gasteiger partial charge in [-0.25, -0.2) is 0 Å². The van der Waals surface area contributed by atoms with E-state index in [1.807, 2.05) is 12.1 Å². The maximum atomic E-state index is 11.9. The number of nitrogens with two attached hydrogens (primary N) is 1. The van der Waals surface area contributed by atoms with Crippen LogP contribution in [0.15, 0.2) is 36.4 Å². The van der Waals surface area contributed by atoms with Gasteiger partial charge in [0.25, 0.3) is 5.91 Å². The Morgan fingerprint density at radius 2 is 1.64 bits per heavy atom. The molecular formula is C19H20Cl2N2O2. The molecule has 2 aromatic rings. The van der Waals surface area contributed by atoms with Crippen molar-refractivity contribution < 1.29 is 9.90 Å². The molecule has 6 heteroatoms. The van der Waals surface area contributed by atoms with Crippen molar-refractivity contribution >= 4 is 34.8 Å². The van der Waals surface area contributed by atoms with Crippen molar-refractivity contribution in [1.29, 1.82) is 0 Å². The first-order valence-corrected chi connectivity index (χ1v) is 9.03. The van der Waals surface area contributed by atoms with Crippen molar-refractivity contribution in [3.63, 3.8) is 0 Å². The number of amides is 1. The lowest BCUT2D eigenvalue weighted by Gasteiger charge is -2.27. The summed E-state index contributed by atoms with van der Waals surface area (Å²) in [6.45, 7) is 0. The normalized spacial score (nSPS) is 20.3. The second kappa shape index (κ2) is 7.65. The minimum Gasteiger partial charge on any atom is -0.393 e. The Morgan fingerprint density at radius 1 is 1.00 bits per heavy atom. The number of nitrogens with one attached hydrogen (secondary N) is 1. The number of rotatable bonds is 4. The van der Waals surface area contributed by atoms with Gasteiger partial charge in [-0.2, -0.15) is 0 Å². The molecule has 1 aliphatic rings. The summed E-state index contributed by atoms with van der Waals surface area (Å²) in [5, 5.41) is 14.1. The topological polar surface area (TPSA) is 75.4 Å². The average molecular weight is 379 g/mol. The lowest BCUT2D eigenvalue weighted by atomic mass is 9.92. The van der Waals surface area contributed by atoms with Crippen LogP contribution in [0.25, 0.3) is 11.1 Å². The number of anilines is 1. The van der Waals surface area contributed by atoms with Crippen LogP contribution < -0.4 is 11.1 Å². The van der Waals surface area contributed by atoms with E-state index in [-0.39, 0.29) is 12.1 Å². The lowest BCUT2D eigenvalue weighted by molar-refractivity contribution is 0.100. The molecule has 0 aromatic heterocycles. The quantitative estimate of drug-likeness (QED) is 0.734. The summed E-state index contributed by atoms with van der Waals surface area (Å²) in [7, 11) is 0. The molecule has 1 saturated carbocycles. The van der Waals surface area contributed by atoms with Crippen LogP contribution >= 0.6 is 23.2 Å². The van der Waals surface area contributed by atoms with Crippen LogP contribution in [0.3, 0.4) is 0 Å². The van der Waals surface area contributed by atoms with Gasteiger partial charge in [0.1, 0.15) is 0 Å². The Kier molecular flexibility index (Phi) is 5.52. The van der Waals surface area contributed by atoms with Gasteiger partial charge >= 0.3 is 0 Å². The molecule has 1 fully saturated rings. The number of halogens is 2. The van der Waals surface area contributed by atoms with E-state index in [0.717, 1.165) is 36.8 Å².